The third-order valence-electron chi connectivity index (χ3n) is 4.21. The number of carbonyl (C=O) groups is 1. The van der Waals surface area contributed by atoms with E-state index in [-0.39, 0.29) is 11.8 Å². The molecule has 24 heavy (non-hydrogen) atoms. The van der Waals surface area contributed by atoms with Crippen molar-refractivity contribution in [3.63, 3.8) is 0 Å². The second kappa shape index (κ2) is 6.20. The van der Waals surface area contributed by atoms with E-state index in [4.69, 9.17) is 0 Å². The standard InChI is InChI=1S/C18H18N4OS/c1-12-4-5-16(24-12)14-9-15(14)18(23)20-17-6-8-22(21-17)11-13-3-2-7-19-10-13/h2-8,10,14-15H,9,11H2,1H3,(H,20,21,23). The fourth-order valence-corrected chi connectivity index (χ4v) is 3.92. The summed E-state index contributed by atoms with van der Waals surface area (Å²) < 4.78 is 1.81. The highest BCUT2D eigenvalue weighted by atomic mass is 32.1. The smallest absolute Gasteiger partial charge is 0.229 e. The van der Waals surface area contributed by atoms with Crippen LogP contribution >= 0.6 is 11.3 Å². The number of carbonyl (C=O) groups excluding carboxylic acids is 1. The molecular formula is C18H18N4OS. The number of anilines is 1. The van der Waals surface area contributed by atoms with Crippen molar-refractivity contribution in [1.82, 2.24) is 14.8 Å². The summed E-state index contributed by atoms with van der Waals surface area (Å²) in [5.74, 6) is 1.13. The molecule has 3 heterocycles. The lowest BCUT2D eigenvalue weighted by atomic mass is 10.2. The third kappa shape index (κ3) is 3.23. The molecule has 1 aliphatic rings. The molecule has 6 heteroatoms. The molecule has 0 spiro atoms. The van der Waals surface area contributed by atoms with E-state index in [0.717, 1.165) is 12.0 Å². The Hall–Kier alpha value is -2.47. The number of thiophene rings is 1. The average molecular weight is 338 g/mol. The monoisotopic (exact) mass is 338 g/mol. The lowest BCUT2D eigenvalue weighted by molar-refractivity contribution is -0.117. The fourth-order valence-electron chi connectivity index (χ4n) is 2.87. The van der Waals surface area contributed by atoms with Crippen LogP contribution in [0.3, 0.4) is 0 Å². The number of rotatable bonds is 5. The van der Waals surface area contributed by atoms with Crippen molar-refractivity contribution < 1.29 is 4.79 Å². The summed E-state index contributed by atoms with van der Waals surface area (Å²) >= 11 is 1.79. The van der Waals surface area contributed by atoms with E-state index in [2.05, 4.69) is 34.5 Å². The highest BCUT2D eigenvalue weighted by Crippen LogP contribution is 2.50. The van der Waals surface area contributed by atoms with Gasteiger partial charge in [-0.3, -0.25) is 14.5 Å². The van der Waals surface area contributed by atoms with E-state index < -0.39 is 0 Å². The van der Waals surface area contributed by atoms with Gasteiger partial charge in [-0.25, -0.2) is 0 Å². The first-order chi connectivity index (χ1) is 11.7. The molecule has 2 unspecified atom stereocenters. The Kier molecular flexibility index (Phi) is 3.90. The number of aromatic nitrogens is 3. The molecule has 2 atom stereocenters. The minimum atomic E-state index is 0.0673. The summed E-state index contributed by atoms with van der Waals surface area (Å²) in [7, 11) is 0. The van der Waals surface area contributed by atoms with Crippen molar-refractivity contribution in [1.29, 1.82) is 0 Å². The van der Waals surface area contributed by atoms with Crippen LogP contribution in [-0.4, -0.2) is 20.7 Å². The zero-order valence-corrected chi connectivity index (χ0v) is 14.2. The van der Waals surface area contributed by atoms with Crippen molar-refractivity contribution in [3.05, 3.63) is 64.2 Å². The number of hydrogen-bond donors (Lipinski definition) is 1. The molecule has 0 saturated heterocycles. The molecule has 4 rings (SSSR count). The van der Waals surface area contributed by atoms with Crippen LogP contribution in [0.25, 0.3) is 0 Å². The minimum absolute atomic E-state index is 0.0673. The van der Waals surface area contributed by atoms with Gasteiger partial charge in [-0.05, 0) is 37.1 Å². The zero-order chi connectivity index (χ0) is 16.5. The Morgan fingerprint density at radius 3 is 3.04 bits per heavy atom. The molecule has 1 fully saturated rings. The van der Waals surface area contributed by atoms with Gasteiger partial charge < -0.3 is 5.32 Å². The maximum atomic E-state index is 12.4. The second-order valence-electron chi connectivity index (χ2n) is 6.15. The second-order valence-corrected chi connectivity index (χ2v) is 7.47. The molecule has 3 aromatic heterocycles. The average Bonchev–Trinajstić information content (AvgIpc) is 3.09. The van der Waals surface area contributed by atoms with E-state index in [1.165, 1.54) is 9.75 Å². The van der Waals surface area contributed by atoms with Crippen molar-refractivity contribution in [2.45, 2.75) is 25.8 Å². The van der Waals surface area contributed by atoms with Crippen molar-refractivity contribution >= 4 is 23.1 Å². The van der Waals surface area contributed by atoms with Crippen LogP contribution in [0.1, 0.15) is 27.7 Å². The van der Waals surface area contributed by atoms with E-state index in [1.807, 2.05) is 30.6 Å². The first-order valence-electron chi connectivity index (χ1n) is 7.98. The first kappa shape index (κ1) is 15.1. The number of nitrogens with zero attached hydrogens (tertiary/aromatic N) is 3. The Labute approximate surface area is 144 Å². The van der Waals surface area contributed by atoms with Gasteiger partial charge in [0.05, 0.1) is 6.54 Å². The molecule has 122 valence electrons. The highest BCUT2D eigenvalue weighted by Gasteiger charge is 2.44. The summed E-state index contributed by atoms with van der Waals surface area (Å²) in [6.07, 6.45) is 6.37. The van der Waals surface area contributed by atoms with Crippen LogP contribution < -0.4 is 5.32 Å². The maximum Gasteiger partial charge on any atom is 0.229 e. The van der Waals surface area contributed by atoms with Crippen molar-refractivity contribution in [2.75, 3.05) is 5.32 Å². The SMILES string of the molecule is Cc1ccc(C2CC2C(=O)Nc2ccn(Cc3cccnc3)n2)s1. The Morgan fingerprint density at radius 2 is 2.29 bits per heavy atom. The Balaban J connectivity index is 1.35. The summed E-state index contributed by atoms with van der Waals surface area (Å²) in [5, 5.41) is 7.35. The zero-order valence-electron chi connectivity index (χ0n) is 13.3. The van der Waals surface area contributed by atoms with Gasteiger partial charge in [-0.2, -0.15) is 5.10 Å². The largest absolute Gasteiger partial charge is 0.309 e. The quantitative estimate of drug-likeness (QED) is 0.775. The first-order valence-corrected chi connectivity index (χ1v) is 8.80. The van der Waals surface area contributed by atoms with E-state index in [9.17, 15) is 4.79 Å². The van der Waals surface area contributed by atoms with Crippen LogP contribution in [0.15, 0.2) is 48.9 Å². The Morgan fingerprint density at radius 1 is 1.38 bits per heavy atom. The van der Waals surface area contributed by atoms with Gasteiger partial charge in [0.25, 0.3) is 0 Å². The lowest BCUT2D eigenvalue weighted by Gasteiger charge is -2.02. The van der Waals surface area contributed by atoms with E-state index in [1.54, 1.807) is 22.2 Å². The maximum absolute atomic E-state index is 12.4. The highest BCUT2D eigenvalue weighted by molar-refractivity contribution is 7.12. The summed E-state index contributed by atoms with van der Waals surface area (Å²) in [6, 6.07) is 10.0. The molecule has 1 saturated carbocycles. The van der Waals surface area contributed by atoms with Crippen molar-refractivity contribution in [2.24, 2.45) is 5.92 Å². The van der Waals surface area contributed by atoms with Crippen LogP contribution in [-0.2, 0) is 11.3 Å². The van der Waals surface area contributed by atoms with Gasteiger partial charge in [0, 0.05) is 46.2 Å². The predicted octanol–water partition coefficient (Wildman–Crippen LogP) is 3.44. The summed E-state index contributed by atoms with van der Waals surface area (Å²) in [5.41, 5.74) is 1.08. The van der Waals surface area contributed by atoms with Crippen LogP contribution in [0, 0.1) is 12.8 Å². The molecule has 0 radical (unpaired) electrons. The molecule has 1 aliphatic carbocycles. The molecular weight excluding hydrogens is 320 g/mol. The number of nitrogens with one attached hydrogen (secondary N) is 1. The summed E-state index contributed by atoms with van der Waals surface area (Å²) in [4.78, 5) is 19.1. The van der Waals surface area contributed by atoms with Gasteiger partial charge >= 0.3 is 0 Å². The molecule has 1 amide bonds. The number of amides is 1. The minimum Gasteiger partial charge on any atom is -0.309 e. The molecule has 3 aromatic rings. The third-order valence-corrected chi connectivity index (χ3v) is 5.35. The molecule has 0 aromatic carbocycles. The molecule has 0 bridgehead atoms. The topological polar surface area (TPSA) is 59.8 Å². The van der Waals surface area contributed by atoms with Crippen LogP contribution in [0.4, 0.5) is 5.82 Å². The fraction of sp³-hybridized carbons (Fsp3) is 0.278. The van der Waals surface area contributed by atoms with Crippen LogP contribution in [0.2, 0.25) is 0 Å². The van der Waals surface area contributed by atoms with Crippen molar-refractivity contribution in [3.8, 4) is 0 Å². The number of hydrogen-bond acceptors (Lipinski definition) is 4. The molecule has 5 nitrogen and oxygen atoms in total. The number of aryl methyl sites for hydroxylation is 1. The predicted molar refractivity (Wildman–Crippen MR) is 94.1 cm³/mol. The molecule has 0 aliphatic heterocycles. The van der Waals surface area contributed by atoms with Gasteiger partial charge in [0.15, 0.2) is 5.82 Å². The van der Waals surface area contributed by atoms with E-state index >= 15 is 0 Å². The van der Waals surface area contributed by atoms with Gasteiger partial charge in [0.2, 0.25) is 5.91 Å². The van der Waals surface area contributed by atoms with Crippen LogP contribution in [0.5, 0.6) is 0 Å². The van der Waals surface area contributed by atoms with Gasteiger partial charge in [0.1, 0.15) is 0 Å². The lowest BCUT2D eigenvalue weighted by Crippen LogP contribution is -2.15. The molecule has 1 N–H and O–H groups in total. The van der Waals surface area contributed by atoms with Gasteiger partial charge in [-0.15, -0.1) is 11.3 Å². The van der Waals surface area contributed by atoms with E-state index in [0.29, 0.717) is 18.3 Å². The van der Waals surface area contributed by atoms with Gasteiger partial charge in [-0.1, -0.05) is 6.07 Å². The Bertz CT molecular complexity index is 855. The number of pyridine rings is 1. The normalized spacial score (nSPS) is 19.2. The summed E-state index contributed by atoms with van der Waals surface area (Å²) in [6.45, 7) is 2.74.